The quantitative estimate of drug-likeness (QED) is 0.0195. The van der Waals surface area contributed by atoms with E-state index in [1.807, 2.05) is 21.1 Å². The normalized spacial score (nSPS) is 12.7. The number of carbonyl (C=O) groups excluding carboxylic acids is 3. The lowest BCUT2D eigenvalue weighted by Crippen LogP contribution is -2.44. The SMILES string of the molecule is CCCCCCCCCC/C=C\CCCCCCCCCCCCCCCCCCCCCCCCCCCCCC(=O)OC(COC(=O)CCCCCCCCCC)COC(OCC[N+](C)(C)C)C(=O)[O-]. The third kappa shape index (κ3) is 55.8. The van der Waals surface area contributed by atoms with E-state index < -0.39 is 24.3 Å². The Morgan fingerprint density at radius 2 is 0.708 bits per heavy atom. The summed E-state index contributed by atoms with van der Waals surface area (Å²) in [6.07, 6.45) is 61.9. The summed E-state index contributed by atoms with van der Waals surface area (Å²) in [6, 6.07) is 0. The highest BCUT2D eigenvalue weighted by Gasteiger charge is 2.22. The van der Waals surface area contributed by atoms with Gasteiger partial charge in [0.25, 0.3) is 0 Å². The van der Waals surface area contributed by atoms with E-state index in [2.05, 4.69) is 26.0 Å². The second-order valence-electron chi connectivity index (χ2n) is 22.7. The summed E-state index contributed by atoms with van der Waals surface area (Å²) in [6.45, 7) is 4.75. The van der Waals surface area contributed by atoms with Gasteiger partial charge in [0.15, 0.2) is 12.4 Å². The van der Waals surface area contributed by atoms with Gasteiger partial charge in [-0.2, -0.15) is 0 Å². The molecular weight excluding hydrogens is 899 g/mol. The van der Waals surface area contributed by atoms with E-state index in [1.54, 1.807) is 0 Å². The van der Waals surface area contributed by atoms with Gasteiger partial charge in [-0.1, -0.05) is 276 Å². The summed E-state index contributed by atoms with van der Waals surface area (Å²) < 4.78 is 22.6. The van der Waals surface area contributed by atoms with Crippen LogP contribution in [-0.2, 0) is 33.3 Å². The van der Waals surface area contributed by atoms with Crippen molar-refractivity contribution in [1.29, 1.82) is 0 Å². The molecule has 0 rings (SSSR count). The number of carboxylic acid groups (broad SMARTS) is 1. The maximum absolute atomic E-state index is 12.8. The van der Waals surface area contributed by atoms with Crippen molar-refractivity contribution in [3.63, 3.8) is 0 Å². The molecule has 0 amide bonds. The molecule has 72 heavy (non-hydrogen) atoms. The highest BCUT2D eigenvalue weighted by atomic mass is 16.7. The molecule has 9 nitrogen and oxygen atoms in total. The lowest BCUT2D eigenvalue weighted by molar-refractivity contribution is -0.870. The fourth-order valence-electron chi connectivity index (χ4n) is 9.42. The molecule has 0 aromatic heterocycles. The van der Waals surface area contributed by atoms with Crippen molar-refractivity contribution in [3.05, 3.63) is 12.2 Å². The van der Waals surface area contributed by atoms with Crippen molar-refractivity contribution in [3.8, 4) is 0 Å². The zero-order valence-corrected chi connectivity index (χ0v) is 48.6. The first-order valence-corrected chi connectivity index (χ1v) is 31.3. The van der Waals surface area contributed by atoms with E-state index in [1.165, 1.54) is 250 Å². The number of nitrogens with zero attached hydrogens (tertiary/aromatic N) is 1. The fraction of sp³-hybridized carbons (Fsp3) is 0.921. The van der Waals surface area contributed by atoms with E-state index in [0.29, 0.717) is 17.4 Å². The number of carbonyl (C=O) groups is 3. The Kier molecular flexibility index (Phi) is 53.8. The standard InChI is InChI=1S/C63H121NO8/c1-6-8-10-12-14-16-17-18-19-20-21-22-23-24-25-26-27-28-29-30-31-32-33-34-35-36-37-38-39-40-41-42-43-44-45-46-48-50-52-54-61(66)72-59(58-71-63(62(67)68)69-56-55-64(3,4)5)57-70-60(65)53-51-49-47-15-13-11-9-7-2/h20-21,59,63H,6-19,22-58H2,1-5H3/b21-20-. The number of aliphatic carboxylic acids is 1. The Hall–Kier alpha value is -1.97. The van der Waals surface area contributed by atoms with E-state index in [-0.39, 0.29) is 32.2 Å². The number of esters is 2. The molecule has 426 valence electrons. The predicted molar refractivity (Wildman–Crippen MR) is 302 cm³/mol. The molecule has 0 aliphatic heterocycles. The summed E-state index contributed by atoms with van der Waals surface area (Å²) in [5.74, 6) is -2.27. The van der Waals surface area contributed by atoms with Crippen molar-refractivity contribution in [1.82, 2.24) is 0 Å². The van der Waals surface area contributed by atoms with Crippen molar-refractivity contribution >= 4 is 17.9 Å². The van der Waals surface area contributed by atoms with Crippen molar-refractivity contribution in [2.75, 3.05) is 47.5 Å². The van der Waals surface area contributed by atoms with Crippen LogP contribution < -0.4 is 5.11 Å². The molecule has 2 atom stereocenters. The van der Waals surface area contributed by atoms with Gasteiger partial charge in [0.2, 0.25) is 0 Å². The molecule has 0 aliphatic rings. The van der Waals surface area contributed by atoms with Gasteiger partial charge in [-0.15, -0.1) is 0 Å². The number of quaternary nitrogens is 1. The summed E-state index contributed by atoms with van der Waals surface area (Å²) >= 11 is 0. The number of ether oxygens (including phenoxy) is 4. The Balaban J connectivity index is 3.80. The number of hydrogen-bond acceptors (Lipinski definition) is 8. The molecule has 0 N–H and O–H groups in total. The van der Waals surface area contributed by atoms with Crippen molar-refractivity contribution < 1.29 is 42.9 Å². The van der Waals surface area contributed by atoms with Gasteiger partial charge in [-0.25, -0.2) is 0 Å². The molecule has 0 aromatic rings. The Morgan fingerprint density at radius 1 is 0.403 bits per heavy atom. The number of rotatable bonds is 59. The van der Waals surface area contributed by atoms with E-state index in [4.69, 9.17) is 18.9 Å². The summed E-state index contributed by atoms with van der Waals surface area (Å²) in [5, 5.41) is 11.7. The van der Waals surface area contributed by atoms with Gasteiger partial charge in [0.05, 0.1) is 40.3 Å². The van der Waals surface area contributed by atoms with Gasteiger partial charge in [-0.05, 0) is 38.5 Å². The fourth-order valence-corrected chi connectivity index (χ4v) is 9.42. The van der Waals surface area contributed by atoms with Crippen LogP contribution in [-0.4, -0.2) is 82.3 Å². The zero-order valence-electron chi connectivity index (χ0n) is 48.6. The van der Waals surface area contributed by atoms with E-state index >= 15 is 0 Å². The maximum atomic E-state index is 12.8. The Labute approximate surface area is 446 Å². The average Bonchev–Trinajstić information content (AvgIpc) is 3.35. The Bertz CT molecular complexity index is 1190. The average molecular weight is 1020 g/mol. The molecule has 0 aromatic carbocycles. The number of likely N-dealkylation sites (N-methyl/N-ethyl adjacent to an activating group) is 1. The molecule has 0 heterocycles. The molecule has 0 fully saturated rings. The first-order chi connectivity index (χ1) is 35.1. The van der Waals surface area contributed by atoms with Gasteiger partial charge >= 0.3 is 11.9 Å². The highest BCUT2D eigenvalue weighted by molar-refractivity contribution is 5.70. The van der Waals surface area contributed by atoms with Crippen LogP contribution in [0, 0.1) is 0 Å². The Morgan fingerprint density at radius 3 is 1.03 bits per heavy atom. The lowest BCUT2D eigenvalue weighted by atomic mass is 10.0. The first-order valence-electron chi connectivity index (χ1n) is 31.3. The second-order valence-corrected chi connectivity index (χ2v) is 22.7. The van der Waals surface area contributed by atoms with Crippen LogP contribution in [0.5, 0.6) is 0 Å². The van der Waals surface area contributed by atoms with E-state index in [0.717, 1.165) is 38.5 Å². The van der Waals surface area contributed by atoms with Gasteiger partial charge in [0.1, 0.15) is 13.2 Å². The molecular formula is C63H121NO8. The van der Waals surface area contributed by atoms with Crippen LogP contribution in [0.15, 0.2) is 12.2 Å². The molecule has 0 spiro atoms. The summed E-state index contributed by atoms with van der Waals surface area (Å²) in [4.78, 5) is 37.0. The largest absolute Gasteiger partial charge is 0.545 e. The van der Waals surface area contributed by atoms with Crippen LogP contribution in [0.4, 0.5) is 0 Å². The minimum Gasteiger partial charge on any atom is -0.545 e. The molecule has 0 saturated heterocycles. The molecule has 0 radical (unpaired) electrons. The monoisotopic (exact) mass is 1020 g/mol. The van der Waals surface area contributed by atoms with Crippen molar-refractivity contribution in [2.24, 2.45) is 0 Å². The summed E-state index contributed by atoms with van der Waals surface area (Å²) in [5.41, 5.74) is 0. The molecule has 0 bridgehead atoms. The molecule has 2 unspecified atom stereocenters. The van der Waals surface area contributed by atoms with Gasteiger partial charge in [-0.3, -0.25) is 9.59 Å². The van der Waals surface area contributed by atoms with Crippen LogP contribution in [0.25, 0.3) is 0 Å². The van der Waals surface area contributed by atoms with Crippen LogP contribution in [0.1, 0.15) is 316 Å². The molecule has 9 heteroatoms. The molecule has 0 aliphatic carbocycles. The third-order valence-electron chi connectivity index (χ3n) is 14.3. The van der Waals surface area contributed by atoms with Gasteiger partial charge in [0, 0.05) is 12.8 Å². The minimum atomic E-state index is -1.61. The topological polar surface area (TPSA) is 111 Å². The second kappa shape index (κ2) is 55.3. The zero-order chi connectivity index (χ0) is 52.7. The van der Waals surface area contributed by atoms with Gasteiger partial charge < -0.3 is 33.3 Å². The lowest BCUT2D eigenvalue weighted by Gasteiger charge is -2.26. The molecule has 0 saturated carbocycles. The highest BCUT2D eigenvalue weighted by Crippen LogP contribution is 2.18. The number of allylic oxidation sites excluding steroid dienone is 2. The maximum Gasteiger partial charge on any atom is 0.306 e. The third-order valence-corrected chi connectivity index (χ3v) is 14.3. The van der Waals surface area contributed by atoms with Crippen LogP contribution >= 0.6 is 0 Å². The number of hydrogen-bond donors (Lipinski definition) is 0. The smallest absolute Gasteiger partial charge is 0.306 e. The number of carboxylic acids is 1. The first kappa shape index (κ1) is 70.0. The van der Waals surface area contributed by atoms with Crippen LogP contribution in [0.2, 0.25) is 0 Å². The minimum absolute atomic E-state index is 0.152. The van der Waals surface area contributed by atoms with Crippen LogP contribution in [0.3, 0.4) is 0 Å². The van der Waals surface area contributed by atoms with E-state index in [9.17, 15) is 19.5 Å². The van der Waals surface area contributed by atoms with Crippen molar-refractivity contribution in [2.45, 2.75) is 328 Å². The predicted octanol–water partition coefficient (Wildman–Crippen LogP) is 17.2. The summed E-state index contributed by atoms with van der Waals surface area (Å²) in [7, 11) is 5.92. The number of unbranched alkanes of at least 4 members (excludes halogenated alkanes) is 42.